The predicted molar refractivity (Wildman–Crippen MR) is 64.5 cm³/mol. The molecule has 0 spiro atoms. The number of hydrogen-bond donors (Lipinski definition) is 1. The molecular formula is C12H16ClNO. The van der Waals surface area contributed by atoms with Crippen molar-refractivity contribution >= 4 is 11.6 Å². The minimum Gasteiger partial charge on any atom is -0.496 e. The van der Waals surface area contributed by atoms with Crippen LogP contribution in [0.25, 0.3) is 0 Å². The molecule has 0 bridgehead atoms. The van der Waals surface area contributed by atoms with Crippen LogP contribution < -0.4 is 10.1 Å². The minimum absolute atomic E-state index is 0.272. The van der Waals surface area contributed by atoms with Gasteiger partial charge in [0, 0.05) is 23.2 Å². The standard InChI is InChI=1S/C12H16ClNO/c1-4-9(2)14-8-10-7-11(13)5-6-12(10)15-3/h4-7,9,14H,1,8H2,2-3H3. The summed E-state index contributed by atoms with van der Waals surface area (Å²) in [4.78, 5) is 0. The molecule has 82 valence electrons. The van der Waals surface area contributed by atoms with E-state index in [9.17, 15) is 0 Å². The molecule has 0 aromatic heterocycles. The molecule has 3 heteroatoms. The van der Waals surface area contributed by atoms with Gasteiger partial charge in [-0.3, -0.25) is 0 Å². The molecule has 15 heavy (non-hydrogen) atoms. The molecule has 1 atom stereocenters. The van der Waals surface area contributed by atoms with Gasteiger partial charge < -0.3 is 10.1 Å². The number of methoxy groups -OCH3 is 1. The molecule has 0 aliphatic heterocycles. The van der Waals surface area contributed by atoms with Crippen molar-refractivity contribution in [3.63, 3.8) is 0 Å². The molecule has 0 aliphatic carbocycles. The SMILES string of the molecule is C=CC(C)NCc1cc(Cl)ccc1OC. The maximum absolute atomic E-state index is 5.92. The van der Waals surface area contributed by atoms with Crippen LogP contribution in [0.1, 0.15) is 12.5 Å². The van der Waals surface area contributed by atoms with Gasteiger partial charge in [-0.2, -0.15) is 0 Å². The first-order chi connectivity index (χ1) is 7.17. The van der Waals surface area contributed by atoms with Gasteiger partial charge in [-0.25, -0.2) is 0 Å². The highest BCUT2D eigenvalue weighted by Gasteiger charge is 2.04. The van der Waals surface area contributed by atoms with Crippen molar-refractivity contribution in [1.82, 2.24) is 5.32 Å². The Labute approximate surface area is 95.9 Å². The summed E-state index contributed by atoms with van der Waals surface area (Å²) in [5, 5.41) is 4.01. The summed E-state index contributed by atoms with van der Waals surface area (Å²) >= 11 is 5.92. The van der Waals surface area contributed by atoms with Crippen LogP contribution in [0.3, 0.4) is 0 Å². The number of hydrogen-bond acceptors (Lipinski definition) is 2. The van der Waals surface area contributed by atoms with E-state index in [1.807, 2.05) is 31.2 Å². The van der Waals surface area contributed by atoms with Gasteiger partial charge >= 0.3 is 0 Å². The van der Waals surface area contributed by atoms with Crippen molar-refractivity contribution in [2.24, 2.45) is 0 Å². The molecule has 2 nitrogen and oxygen atoms in total. The average molecular weight is 226 g/mol. The summed E-state index contributed by atoms with van der Waals surface area (Å²) in [5.74, 6) is 0.850. The second-order valence-corrected chi connectivity index (χ2v) is 3.80. The van der Waals surface area contributed by atoms with Crippen molar-refractivity contribution < 1.29 is 4.74 Å². The van der Waals surface area contributed by atoms with E-state index < -0.39 is 0 Å². The molecule has 0 aliphatic rings. The van der Waals surface area contributed by atoms with Gasteiger partial charge in [0.2, 0.25) is 0 Å². The third kappa shape index (κ3) is 3.57. The van der Waals surface area contributed by atoms with Crippen molar-refractivity contribution in [2.45, 2.75) is 19.5 Å². The van der Waals surface area contributed by atoms with E-state index in [-0.39, 0.29) is 6.04 Å². The Morgan fingerprint density at radius 2 is 2.33 bits per heavy atom. The summed E-state index contributed by atoms with van der Waals surface area (Å²) < 4.78 is 5.24. The van der Waals surface area contributed by atoms with Gasteiger partial charge in [0.25, 0.3) is 0 Å². The van der Waals surface area contributed by atoms with Crippen LogP contribution in [-0.2, 0) is 6.54 Å². The van der Waals surface area contributed by atoms with Crippen molar-refractivity contribution in [2.75, 3.05) is 7.11 Å². The number of rotatable bonds is 5. The van der Waals surface area contributed by atoms with Crippen molar-refractivity contribution in [3.8, 4) is 5.75 Å². The second-order valence-electron chi connectivity index (χ2n) is 3.36. The molecule has 0 amide bonds. The molecule has 0 saturated heterocycles. The zero-order chi connectivity index (χ0) is 11.3. The van der Waals surface area contributed by atoms with E-state index in [1.165, 1.54) is 0 Å². The Morgan fingerprint density at radius 1 is 1.60 bits per heavy atom. The predicted octanol–water partition coefficient (Wildman–Crippen LogP) is 3.01. The highest BCUT2D eigenvalue weighted by molar-refractivity contribution is 6.30. The van der Waals surface area contributed by atoms with Crippen LogP contribution in [0.5, 0.6) is 5.75 Å². The van der Waals surface area contributed by atoms with Crippen LogP contribution in [0.4, 0.5) is 0 Å². The Hall–Kier alpha value is -0.990. The van der Waals surface area contributed by atoms with Crippen LogP contribution in [0.15, 0.2) is 30.9 Å². The van der Waals surface area contributed by atoms with Crippen LogP contribution in [0.2, 0.25) is 5.02 Å². The lowest BCUT2D eigenvalue weighted by atomic mass is 10.2. The fourth-order valence-electron chi connectivity index (χ4n) is 1.24. The number of nitrogens with one attached hydrogen (secondary N) is 1. The van der Waals surface area contributed by atoms with Crippen molar-refractivity contribution in [1.29, 1.82) is 0 Å². The van der Waals surface area contributed by atoms with E-state index in [0.29, 0.717) is 0 Å². The highest BCUT2D eigenvalue weighted by atomic mass is 35.5. The first kappa shape index (κ1) is 12.1. The monoisotopic (exact) mass is 225 g/mol. The minimum atomic E-state index is 0.272. The van der Waals surface area contributed by atoms with E-state index in [4.69, 9.17) is 16.3 Å². The molecule has 0 heterocycles. The van der Waals surface area contributed by atoms with E-state index in [0.717, 1.165) is 22.9 Å². The van der Waals surface area contributed by atoms with Crippen molar-refractivity contribution in [3.05, 3.63) is 41.4 Å². The maximum Gasteiger partial charge on any atom is 0.123 e. The van der Waals surface area contributed by atoms with E-state index >= 15 is 0 Å². The fourth-order valence-corrected chi connectivity index (χ4v) is 1.43. The van der Waals surface area contributed by atoms with Crippen LogP contribution in [-0.4, -0.2) is 13.2 Å². The van der Waals surface area contributed by atoms with Crippen LogP contribution >= 0.6 is 11.6 Å². The third-order valence-corrected chi connectivity index (χ3v) is 2.45. The van der Waals surface area contributed by atoms with Gasteiger partial charge in [0.1, 0.15) is 5.75 Å². The zero-order valence-corrected chi connectivity index (χ0v) is 9.84. The van der Waals surface area contributed by atoms with Gasteiger partial charge in [-0.05, 0) is 25.1 Å². The molecule has 0 radical (unpaired) electrons. The Bertz CT molecular complexity index is 338. The summed E-state index contributed by atoms with van der Waals surface area (Å²) in [6.45, 7) is 6.48. The van der Waals surface area contributed by atoms with Gasteiger partial charge in [-0.1, -0.05) is 17.7 Å². The maximum atomic E-state index is 5.92. The molecule has 1 N–H and O–H groups in total. The lowest BCUT2D eigenvalue weighted by Crippen LogP contribution is -2.23. The molecule has 1 unspecified atom stereocenters. The number of ether oxygens (including phenoxy) is 1. The number of benzene rings is 1. The second kappa shape index (κ2) is 5.79. The largest absolute Gasteiger partial charge is 0.496 e. The molecule has 1 aromatic carbocycles. The van der Waals surface area contributed by atoms with Gasteiger partial charge in [0.15, 0.2) is 0 Å². The smallest absolute Gasteiger partial charge is 0.123 e. The van der Waals surface area contributed by atoms with E-state index in [2.05, 4.69) is 11.9 Å². The quantitative estimate of drug-likeness (QED) is 0.778. The fraction of sp³-hybridized carbons (Fsp3) is 0.333. The first-order valence-electron chi connectivity index (χ1n) is 4.85. The summed E-state index contributed by atoms with van der Waals surface area (Å²) in [6.07, 6.45) is 1.86. The molecule has 0 saturated carbocycles. The zero-order valence-electron chi connectivity index (χ0n) is 9.09. The Kier molecular flexibility index (Phi) is 4.66. The summed E-state index contributed by atoms with van der Waals surface area (Å²) in [6, 6.07) is 5.87. The third-order valence-electron chi connectivity index (χ3n) is 2.21. The van der Waals surface area contributed by atoms with Gasteiger partial charge in [-0.15, -0.1) is 6.58 Å². The van der Waals surface area contributed by atoms with E-state index in [1.54, 1.807) is 7.11 Å². The molecule has 1 rings (SSSR count). The Balaban J connectivity index is 2.73. The molecule has 0 fully saturated rings. The van der Waals surface area contributed by atoms with Crippen LogP contribution in [0, 0.1) is 0 Å². The molecular weight excluding hydrogens is 210 g/mol. The normalized spacial score (nSPS) is 12.2. The lowest BCUT2D eigenvalue weighted by Gasteiger charge is -2.12. The molecule has 1 aromatic rings. The topological polar surface area (TPSA) is 21.3 Å². The summed E-state index contributed by atoms with van der Waals surface area (Å²) in [7, 11) is 1.66. The first-order valence-corrected chi connectivity index (χ1v) is 5.23. The van der Waals surface area contributed by atoms with Gasteiger partial charge in [0.05, 0.1) is 7.11 Å². The average Bonchev–Trinajstić information content (AvgIpc) is 2.26. The highest BCUT2D eigenvalue weighted by Crippen LogP contribution is 2.22. The number of halogens is 1. The lowest BCUT2D eigenvalue weighted by molar-refractivity contribution is 0.407. The summed E-state index contributed by atoms with van der Waals surface area (Å²) in [5.41, 5.74) is 1.05. The Morgan fingerprint density at radius 3 is 2.93 bits per heavy atom.